The van der Waals surface area contributed by atoms with Crippen LogP contribution in [0.4, 0.5) is 13.2 Å². The van der Waals surface area contributed by atoms with Crippen LogP contribution in [-0.4, -0.2) is 31.9 Å². The molecule has 2 aromatic heterocycles. The number of aliphatic carboxylic acids is 1. The Hall–Kier alpha value is -4.34. The van der Waals surface area contributed by atoms with E-state index in [0.717, 1.165) is 17.7 Å². The van der Waals surface area contributed by atoms with Gasteiger partial charge in [0, 0.05) is 29.9 Å². The number of rotatable bonds is 9. The molecule has 0 saturated heterocycles. The molecule has 1 unspecified atom stereocenters. The maximum Gasteiger partial charge on any atom is 0.416 e. The first-order chi connectivity index (χ1) is 18.1. The smallest absolute Gasteiger partial charge is 0.416 e. The molecule has 4 rings (SSSR count). The molecule has 2 heterocycles. The van der Waals surface area contributed by atoms with Crippen molar-refractivity contribution in [3.63, 3.8) is 0 Å². The molecule has 0 spiro atoms. The molecular formula is C28H25F3N4O3. The van der Waals surface area contributed by atoms with E-state index in [2.05, 4.69) is 15.3 Å². The summed E-state index contributed by atoms with van der Waals surface area (Å²) < 4.78 is 39.1. The highest BCUT2D eigenvalue weighted by Crippen LogP contribution is 2.32. The predicted molar refractivity (Wildman–Crippen MR) is 135 cm³/mol. The zero-order valence-corrected chi connectivity index (χ0v) is 20.5. The van der Waals surface area contributed by atoms with Crippen molar-refractivity contribution in [3.05, 3.63) is 89.4 Å². The Balaban J connectivity index is 1.65. The second-order valence-electron chi connectivity index (χ2n) is 8.87. The summed E-state index contributed by atoms with van der Waals surface area (Å²) in [5, 5.41) is 11.9. The average molecular weight is 523 g/mol. The van der Waals surface area contributed by atoms with E-state index in [0.29, 0.717) is 52.8 Å². The number of carbonyl (C=O) groups is 2. The van der Waals surface area contributed by atoms with E-state index in [9.17, 15) is 22.8 Å². The fourth-order valence-corrected chi connectivity index (χ4v) is 4.04. The van der Waals surface area contributed by atoms with Crippen LogP contribution in [0.1, 0.15) is 59.4 Å². The first-order valence-corrected chi connectivity index (χ1v) is 12.0. The molecule has 7 nitrogen and oxygen atoms in total. The minimum Gasteiger partial charge on any atom is -0.481 e. The summed E-state index contributed by atoms with van der Waals surface area (Å²) in [7, 11) is 0. The van der Waals surface area contributed by atoms with Crippen LogP contribution < -0.4 is 5.32 Å². The van der Waals surface area contributed by atoms with Crippen molar-refractivity contribution in [1.29, 1.82) is 0 Å². The number of carboxylic acid groups (broad SMARTS) is 1. The van der Waals surface area contributed by atoms with Crippen LogP contribution in [0, 0.1) is 0 Å². The molecule has 0 saturated carbocycles. The van der Waals surface area contributed by atoms with Crippen molar-refractivity contribution in [2.75, 3.05) is 0 Å². The number of amides is 1. The van der Waals surface area contributed by atoms with E-state index in [1.807, 2.05) is 19.1 Å². The number of aromatic nitrogens is 3. The van der Waals surface area contributed by atoms with Crippen LogP contribution in [0.2, 0.25) is 0 Å². The topological polar surface area (TPSA) is 105 Å². The average Bonchev–Trinajstić information content (AvgIpc) is 2.90. The maximum atomic E-state index is 13.0. The van der Waals surface area contributed by atoms with Crippen LogP contribution >= 0.6 is 0 Å². The number of carbonyl (C=O) groups excluding carboxylic acids is 1. The highest BCUT2D eigenvalue weighted by atomic mass is 19.4. The van der Waals surface area contributed by atoms with Gasteiger partial charge in [0.25, 0.3) is 5.91 Å². The first kappa shape index (κ1) is 26.7. The summed E-state index contributed by atoms with van der Waals surface area (Å²) in [5.74, 6) is -1.21. The number of pyridine rings is 1. The molecule has 4 aromatic rings. The lowest BCUT2D eigenvalue weighted by Gasteiger charge is -2.15. The summed E-state index contributed by atoms with van der Waals surface area (Å²) in [6, 6.07) is 13.0. The van der Waals surface area contributed by atoms with Crippen molar-refractivity contribution in [1.82, 2.24) is 20.3 Å². The molecule has 2 N–H and O–H groups in total. The summed E-state index contributed by atoms with van der Waals surface area (Å²) in [6.45, 7) is 1.86. The predicted octanol–water partition coefficient (Wildman–Crippen LogP) is 6.00. The van der Waals surface area contributed by atoms with Gasteiger partial charge in [-0.05, 0) is 74.2 Å². The van der Waals surface area contributed by atoms with Crippen LogP contribution in [-0.2, 0) is 17.4 Å². The monoisotopic (exact) mass is 522 g/mol. The number of hydrogen-bond donors (Lipinski definition) is 2. The molecular weight excluding hydrogens is 497 g/mol. The fraction of sp³-hybridized carbons (Fsp3) is 0.250. The van der Waals surface area contributed by atoms with Gasteiger partial charge in [-0.15, -0.1) is 0 Å². The molecule has 0 bridgehead atoms. The Labute approximate surface area is 216 Å². The summed E-state index contributed by atoms with van der Waals surface area (Å²) in [4.78, 5) is 37.1. The normalized spacial score (nSPS) is 12.3. The molecule has 10 heteroatoms. The lowest BCUT2D eigenvalue weighted by molar-refractivity contribution is -0.138. The summed E-state index contributed by atoms with van der Waals surface area (Å²) in [5.41, 5.74) is 2.86. The number of hydrogen-bond acceptors (Lipinski definition) is 5. The molecule has 1 amide bonds. The van der Waals surface area contributed by atoms with Gasteiger partial charge in [0.2, 0.25) is 0 Å². The second kappa shape index (κ2) is 11.4. The summed E-state index contributed by atoms with van der Waals surface area (Å²) in [6.07, 6.45) is 0.129. The number of fused-ring (bicyclic) bond motifs is 1. The number of nitrogens with zero attached hydrogens (tertiary/aromatic N) is 3. The number of aryl methyl sites for hydroxylation is 1. The third-order valence-corrected chi connectivity index (χ3v) is 6.09. The lowest BCUT2D eigenvalue weighted by Crippen LogP contribution is -2.26. The molecule has 0 radical (unpaired) electrons. The van der Waals surface area contributed by atoms with Crippen LogP contribution in [0.3, 0.4) is 0 Å². The van der Waals surface area contributed by atoms with E-state index in [1.54, 1.807) is 30.6 Å². The number of unbranched alkanes of at least 4 members (excludes halogenated alkanes) is 1. The summed E-state index contributed by atoms with van der Waals surface area (Å²) >= 11 is 0. The van der Waals surface area contributed by atoms with Crippen LogP contribution in [0.15, 0.2) is 67.0 Å². The SMILES string of the molecule is CC(NC(=O)c1ccc2nc(-c3ccc(C(F)(F)F)cc3)c(CCCCC(=O)O)nc2c1)c1ccncc1. The van der Waals surface area contributed by atoms with E-state index < -0.39 is 17.7 Å². The highest BCUT2D eigenvalue weighted by Gasteiger charge is 2.30. The fourth-order valence-electron chi connectivity index (χ4n) is 4.04. The third-order valence-electron chi connectivity index (χ3n) is 6.09. The van der Waals surface area contributed by atoms with Gasteiger partial charge in [-0.1, -0.05) is 12.1 Å². The number of nitrogens with one attached hydrogen (secondary N) is 1. The van der Waals surface area contributed by atoms with E-state index >= 15 is 0 Å². The Bertz CT molecular complexity index is 1440. The molecule has 0 aliphatic rings. The Morgan fingerprint density at radius 1 is 0.947 bits per heavy atom. The van der Waals surface area contributed by atoms with Crippen molar-refractivity contribution < 1.29 is 27.9 Å². The lowest BCUT2D eigenvalue weighted by atomic mass is 10.0. The van der Waals surface area contributed by atoms with Gasteiger partial charge >= 0.3 is 12.1 Å². The van der Waals surface area contributed by atoms with Gasteiger partial charge in [0.1, 0.15) is 0 Å². The second-order valence-corrected chi connectivity index (χ2v) is 8.87. The van der Waals surface area contributed by atoms with Gasteiger partial charge in [-0.2, -0.15) is 13.2 Å². The Morgan fingerprint density at radius 2 is 1.66 bits per heavy atom. The van der Waals surface area contributed by atoms with Crippen molar-refractivity contribution in [2.45, 2.75) is 44.8 Å². The number of carboxylic acids is 1. The number of halogens is 3. The third kappa shape index (κ3) is 6.50. The largest absolute Gasteiger partial charge is 0.481 e. The maximum absolute atomic E-state index is 13.0. The van der Waals surface area contributed by atoms with Crippen LogP contribution in [0.25, 0.3) is 22.3 Å². The molecule has 0 fully saturated rings. The van der Waals surface area contributed by atoms with Crippen LogP contribution in [0.5, 0.6) is 0 Å². The quantitative estimate of drug-likeness (QED) is 0.261. The van der Waals surface area contributed by atoms with Gasteiger partial charge in [-0.3, -0.25) is 14.6 Å². The van der Waals surface area contributed by atoms with Crippen molar-refractivity contribution >= 4 is 22.9 Å². The standard InChI is InChI=1S/C28H25F3N4O3/c1-17(18-12-14-32-15-13-18)33-27(38)20-8-11-22-24(16-20)34-23(4-2-3-5-25(36)37)26(35-22)19-6-9-21(10-7-19)28(29,30)31/h6-17H,2-5H2,1H3,(H,33,38)(H,36,37). The Kier molecular flexibility index (Phi) is 7.99. The number of alkyl halides is 3. The minimum absolute atomic E-state index is 0.00337. The highest BCUT2D eigenvalue weighted by molar-refractivity contribution is 5.97. The molecule has 38 heavy (non-hydrogen) atoms. The molecule has 0 aliphatic heterocycles. The molecule has 1 atom stereocenters. The Morgan fingerprint density at radius 3 is 2.32 bits per heavy atom. The first-order valence-electron chi connectivity index (χ1n) is 12.0. The van der Waals surface area contributed by atoms with Gasteiger partial charge < -0.3 is 10.4 Å². The molecule has 2 aromatic carbocycles. The van der Waals surface area contributed by atoms with Gasteiger partial charge in [-0.25, -0.2) is 9.97 Å². The van der Waals surface area contributed by atoms with E-state index in [4.69, 9.17) is 10.1 Å². The van der Waals surface area contributed by atoms with E-state index in [-0.39, 0.29) is 18.4 Å². The van der Waals surface area contributed by atoms with Crippen molar-refractivity contribution in [3.8, 4) is 11.3 Å². The van der Waals surface area contributed by atoms with E-state index in [1.165, 1.54) is 12.1 Å². The molecule has 196 valence electrons. The molecule has 0 aliphatic carbocycles. The van der Waals surface area contributed by atoms with Gasteiger partial charge in [0.05, 0.1) is 34.0 Å². The zero-order chi connectivity index (χ0) is 27.3. The van der Waals surface area contributed by atoms with Crippen molar-refractivity contribution in [2.24, 2.45) is 0 Å². The minimum atomic E-state index is -4.46. The van der Waals surface area contributed by atoms with Gasteiger partial charge in [0.15, 0.2) is 0 Å². The zero-order valence-electron chi connectivity index (χ0n) is 20.5. The number of benzene rings is 2.